The zero-order chi connectivity index (χ0) is 16.6. The number of pyridine rings is 1. The molecule has 1 amide bonds. The Morgan fingerprint density at radius 3 is 2.87 bits per heavy atom. The summed E-state index contributed by atoms with van der Waals surface area (Å²) in [6.07, 6.45) is 2.73. The predicted octanol–water partition coefficient (Wildman–Crippen LogP) is 2.99. The molecule has 23 heavy (non-hydrogen) atoms. The highest BCUT2D eigenvalue weighted by Crippen LogP contribution is 2.34. The van der Waals surface area contributed by atoms with Crippen LogP contribution in [0.25, 0.3) is 11.0 Å². The summed E-state index contributed by atoms with van der Waals surface area (Å²) < 4.78 is 19.4. The van der Waals surface area contributed by atoms with Gasteiger partial charge in [-0.25, -0.2) is 4.39 Å². The molecule has 2 aromatic heterocycles. The molecule has 2 heterocycles. The van der Waals surface area contributed by atoms with Crippen molar-refractivity contribution in [3.05, 3.63) is 53.3 Å². The lowest BCUT2D eigenvalue weighted by Gasteiger charge is -2.07. The third-order valence-corrected chi connectivity index (χ3v) is 3.33. The first kappa shape index (κ1) is 14.5. The summed E-state index contributed by atoms with van der Waals surface area (Å²) in [6.45, 7) is 1.76. The van der Waals surface area contributed by atoms with Crippen LogP contribution in [0.2, 0.25) is 0 Å². The van der Waals surface area contributed by atoms with Gasteiger partial charge in [0, 0.05) is 12.4 Å². The first-order chi connectivity index (χ1) is 11.0. The minimum Gasteiger partial charge on any atom is -0.447 e. The van der Waals surface area contributed by atoms with E-state index in [-0.39, 0.29) is 28.3 Å². The first-order valence-electron chi connectivity index (χ1n) is 6.65. The van der Waals surface area contributed by atoms with Crippen LogP contribution in [0.4, 0.5) is 15.8 Å². The molecule has 0 spiro atoms. The minimum absolute atomic E-state index is 0.155. The molecule has 0 aliphatic rings. The summed E-state index contributed by atoms with van der Waals surface area (Å²) in [4.78, 5) is 15.5. The van der Waals surface area contributed by atoms with Crippen LogP contribution in [0.3, 0.4) is 0 Å². The van der Waals surface area contributed by atoms with Gasteiger partial charge in [0.1, 0.15) is 23.1 Å². The normalized spacial score (nSPS) is 10.5. The molecule has 0 aliphatic carbocycles. The Morgan fingerprint density at radius 1 is 1.43 bits per heavy atom. The van der Waals surface area contributed by atoms with Crippen LogP contribution in [0.5, 0.6) is 0 Å². The van der Waals surface area contributed by atoms with E-state index in [0.717, 1.165) is 5.56 Å². The maximum absolute atomic E-state index is 14.0. The van der Waals surface area contributed by atoms with E-state index in [1.807, 2.05) is 6.07 Å². The van der Waals surface area contributed by atoms with Gasteiger partial charge in [0.25, 0.3) is 5.91 Å². The molecular formula is C16H11FN4O2. The van der Waals surface area contributed by atoms with E-state index in [1.54, 1.807) is 13.0 Å². The van der Waals surface area contributed by atoms with Gasteiger partial charge in [-0.3, -0.25) is 9.78 Å². The van der Waals surface area contributed by atoms with Crippen LogP contribution in [0.1, 0.15) is 21.7 Å². The number of benzene rings is 1. The Kier molecular flexibility index (Phi) is 3.43. The van der Waals surface area contributed by atoms with Crippen LogP contribution < -0.4 is 11.1 Å². The van der Waals surface area contributed by atoms with E-state index in [4.69, 9.17) is 15.4 Å². The fourth-order valence-electron chi connectivity index (χ4n) is 2.25. The number of carbonyl (C=O) groups excluding carboxylic acids is 1. The molecule has 0 bridgehead atoms. The van der Waals surface area contributed by atoms with Gasteiger partial charge in [-0.1, -0.05) is 6.07 Å². The molecule has 6 nitrogen and oxygen atoms in total. The van der Waals surface area contributed by atoms with Crippen molar-refractivity contribution in [3.63, 3.8) is 0 Å². The lowest BCUT2D eigenvalue weighted by atomic mass is 10.2. The van der Waals surface area contributed by atoms with E-state index in [1.165, 1.54) is 24.5 Å². The van der Waals surface area contributed by atoms with Crippen molar-refractivity contribution in [2.75, 3.05) is 5.32 Å². The Labute approximate surface area is 130 Å². The van der Waals surface area contributed by atoms with Crippen LogP contribution in [-0.4, -0.2) is 10.9 Å². The molecular weight excluding hydrogens is 299 g/mol. The lowest BCUT2D eigenvalue weighted by Crippen LogP contribution is -2.11. The van der Waals surface area contributed by atoms with E-state index in [0.29, 0.717) is 5.39 Å². The lowest BCUT2D eigenvalue weighted by molar-refractivity contribution is 0.0977. The number of nitrogens with zero attached hydrogens (tertiary/aromatic N) is 2. The number of nitriles is 1. The summed E-state index contributed by atoms with van der Waals surface area (Å²) in [5.41, 5.74) is 6.74. The molecule has 114 valence electrons. The van der Waals surface area contributed by atoms with Gasteiger partial charge in [0.2, 0.25) is 5.76 Å². The van der Waals surface area contributed by atoms with Crippen LogP contribution in [0.15, 0.2) is 35.0 Å². The number of fused-ring (bicyclic) bond motifs is 1. The standard InChI is InChI=1S/C16H11FN4O2/c1-8-2-3-12(11(17)4-8)21-13-10-7-20-6-9(5-18)14(10)23-15(13)16(19)22/h2-4,6-7,21H,1H3,(H2,19,22). The van der Waals surface area contributed by atoms with Gasteiger partial charge >= 0.3 is 0 Å². The van der Waals surface area contributed by atoms with Crippen LogP contribution >= 0.6 is 0 Å². The van der Waals surface area contributed by atoms with Gasteiger partial charge in [0.15, 0.2) is 5.58 Å². The number of aryl methyl sites for hydroxylation is 1. The molecule has 0 atom stereocenters. The number of halogens is 1. The Balaban J connectivity index is 2.21. The van der Waals surface area contributed by atoms with Gasteiger partial charge in [-0.05, 0) is 24.6 Å². The number of carbonyl (C=O) groups is 1. The quantitative estimate of drug-likeness (QED) is 0.773. The third-order valence-electron chi connectivity index (χ3n) is 3.33. The van der Waals surface area contributed by atoms with Gasteiger partial charge in [-0.2, -0.15) is 5.26 Å². The number of anilines is 2. The molecule has 7 heteroatoms. The monoisotopic (exact) mass is 310 g/mol. The van der Waals surface area contributed by atoms with Crippen molar-refractivity contribution < 1.29 is 13.6 Å². The molecule has 0 fully saturated rings. The average molecular weight is 310 g/mol. The number of furan rings is 1. The second-order valence-electron chi connectivity index (χ2n) is 4.95. The summed E-state index contributed by atoms with van der Waals surface area (Å²) in [6, 6.07) is 6.53. The van der Waals surface area contributed by atoms with Crippen LogP contribution in [-0.2, 0) is 0 Å². The van der Waals surface area contributed by atoms with Crippen molar-refractivity contribution in [1.29, 1.82) is 5.26 Å². The predicted molar refractivity (Wildman–Crippen MR) is 81.7 cm³/mol. The molecule has 0 aliphatic heterocycles. The molecule has 3 N–H and O–H groups in total. The molecule has 0 saturated heterocycles. The first-order valence-corrected chi connectivity index (χ1v) is 6.65. The smallest absolute Gasteiger partial charge is 0.286 e. The highest BCUT2D eigenvalue weighted by atomic mass is 19.1. The summed E-state index contributed by atoms with van der Waals surface area (Å²) in [7, 11) is 0. The van der Waals surface area contributed by atoms with Crippen LogP contribution in [0, 0.1) is 24.1 Å². The van der Waals surface area contributed by atoms with Crippen molar-refractivity contribution in [2.24, 2.45) is 5.73 Å². The van der Waals surface area contributed by atoms with E-state index < -0.39 is 11.7 Å². The zero-order valence-corrected chi connectivity index (χ0v) is 12.1. The second-order valence-corrected chi connectivity index (χ2v) is 4.95. The number of nitrogens with two attached hydrogens (primary N) is 1. The average Bonchev–Trinajstić information content (AvgIpc) is 2.89. The number of amides is 1. The van der Waals surface area contributed by atoms with Gasteiger partial charge in [0.05, 0.1) is 11.1 Å². The fraction of sp³-hybridized carbons (Fsp3) is 0.0625. The minimum atomic E-state index is -0.833. The number of rotatable bonds is 3. The molecule has 0 saturated carbocycles. The highest BCUT2D eigenvalue weighted by molar-refractivity contribution is 6.07. The molecule has 3 rings (SSSR count). The zero-order valence-electron chi connectivity index (χ0n) is 12.1. The number of primary amides is 1. The number of hydrogen-bond donors (Lipinski definition) is 2. The summed E-state index contributed by atoms with van der Waals surface area (Å²) in [5.74, 6) is -1.51. The largest absolute Gasteiger partial charge is 0.447 e. The number of aromatic nitrogens is 1. The molecule has 0 unspecified atom stereocenters. The summed E-state index contributed by atoms with van der Waals surface area (Å²) in [5, 5.41) is 12.3. The molecule has 1 aromatic carbocycles. The van der Waals surface area contributed by atoms with E-state index >= 15 is 0 Å². The maximum atomic E-state index is 14.0. The number of nitrogens with one attached hydrogen (secondary N) is 1. The SMILES string of the molecule is Cc1ccc(Nc2c(C(N)=O)oc3c(C#N)cncc23)c(F)c1. The number of hydrogen-bond acceptors (Lipinski definition) is 5. The molecule has 3 aromatic rings. The third kappa shape index (κ3) is 2.46. The maximum Gasteiger partial charge on any atom is 0.286 e. The van der Waals surface area contributed by atoms with E-state index in [2.05, 4.69) is 10.3 Å². The topological polar surface area (TPSA) is 105 Å². The van der Waals surface area contributed by atoms with Crippen molar-refractivity contribution in [1.82, 2.24) is 4.98 Å². The Morgan fingerprint density at radius 2 is 2.22 bits per heavy atom. The Hall–Kier alpha value is -3.40. The fourth-order valence-corrected chi connectivity index (χ4v) is 2.25. The van der Waals surface area contributed by atoms with Crippen molar-refractivity contribution >= 4 is 28.3 Å². The molecule has 0 radical (unpaired) electrons. The summed E-state index contributed by atoms with van der Waals surface area (Å²) >= 11 is 0. The highest BCUT2D eigenvalue weighted by Gasteiger charge is 2.22. The van der Waals surface area contributed by atoms with Gasteiger partial charge in [-0.15, -0.1) is 0 Å². The van der Waals surface area contributed by atoms with Crippen molar-refractivity contribution in [2.45, 2.75) is 6.92 Å². The van der Waals surface area contributed by atoms with Gasteiger partial charge < -0.3 is 15.5 Å². The van der Waals surface area contributed by atoms with E-state index in [9.17, 15) is 9.18 Å². The second kappa shape index (κ2) is 5.42. The Bertz CT molecular complexity index is 972. The van der Waals surface area contributed by atoms with Crippen molar-refractivity contribution in [3.8, 4) is 6.07 Å².